The molecule has 0 aliphatic heterocycles. The largest absolute Gasteiger partial charge is 0.481 e. The van der Waals surface area contributed by atoms with Gasteiger partial charge in [0.25, 0.3) is 0 Å². The second-order valence-electron chi connectivity index (χ2n) is 3.00. The van der Waals surface area contributed by atoms with Crippen LogP contribution in [0.5, 0.6) is 0 Å². The summed E-state index contributed by atoms with van der Waals surface area (Å²) in [5.41, 5.74) is 0.761. The zero-order valence-corrected chi connectivity index (χ0v) is 8.01. The van der Waals surface area contributed by atoms with E-state index in [1.54, 1.807) is 19.4 Å². The second kappa shape index (κ2) is 5.34. The lowest BCUT2D eigenvalue weighted by molar-refractivity contribution is -0.137. The van der Waals surface area contributed by atoms with Crippen molar-refractivity contribution in [3.8, 4) is 0 Å². The number of carboxylic acids is 1. The summed E-state index contributed by atoms with van der Waals surface area (Å²) in [6.45, 7) is 0.378. The molecule has 4 heteroatoms. The number of rotatable bonds is 5. The minimum absolute atomic E-state index is 0.0465. The van der Waals surface area contributed by atoms with Crippen molar-refractivity contribution in [2.75, 3.05) is 13.7 Å². The molecule has 0 amide bonds. The maximum absolute atomic E-state index is 10.6. The molecular formula is C10H13NO3. The maximum Gasteiger partial charge on any atom is 0.304 e. The number of ether oxygens (including phenoxy) is 1. The minimum atomic E-state index is -0.835. The number of hydrogen-bond donors (Lipinski definition) is 1. The Bertz CT molecular complexity index is 287. The highest BCUT2D eigenvalue weighted by Gasteiger charge is 2.16. The summed E-state index contributed by atoms with van der Waals surface area (Å²) < 4.78 is 4.96. The average Bonchev–Trinajstić information content (AvgIpc) is 2.18. The highest BCUT2D eigenvalue weighted by molar-refractivity contribution is 5.67. The molecule has 1 atom stereocenters. The van der Waals surface area contributed by atoms with E-state index in [0.717, 1.165) is 5.69 Å². The Hall–Kier alpha value is -1.42. The molecule has 0 spiro atoms. The monoisotopic (exact) mass is 195 g/mol. The molecule has 0 saturated carbocycles. The molecule has 0 aliphatic carbocycles. The van der Waals surface area contributed by atoms with E-state index in [2.05, 4.69) is 4.98 Å². The van der Waals surface area contributed by atoms with Gasteiger partial charge in [-0.3, -0.25) is 9.78 Å². The molecule has 0 fully saturated rings. The Morgan fingerprint density at radius 3 is 2.93 bits per heavy atom. The normalized spacial score (nSPS) is 12.4. The van der Waals surface area contributed by atoms with Gasteiger partial charge in [-0.1, -0.05) is 6.07 Å². The van der Waals surface area contributed by atoms with E-state index in [4.69, 9.17) is 9.84 Å². The number of hydrogen-bond acceptors (Lipinski definition) is 3. The molecule has 1 N–H and O–H groups in total. The van der Waals surface area contributed by atoms with Crippen LogP contribution in [0.3, 0.4) is 0 Å². The van der Waals surface area contributed by atoms with Gasteiger partial charge in [-0.15, -0.1) is 0 Å². The van der Waals surface area contributed by atoms with Crippen molar-refractivity contribution in [1.82, 2.24) is 4.98 Å². The van der Waals surface area contributed by atoms with Crippen LogP contribution in [0, 0.1) is 0 Å². The Kier molecular flexibility index (Phi) is 4.07. The predicted molar refractivity (Wildman–Crippen MR) is 51.1 cm³/mol. The van der Waals surface area contributed by atoms with Gasteiger partial charge in [0.1, 0.15) is 0 Å². The van der Waals surface area contributed by atoms with Gasteiger partial charge >= 0.3 is 5.97 Å². The third-order valence-corrected chi connectivity index (χ3v) is 1.89. The van der Waals surface area contributed by atoms with Crippen LogP contribution in [0.1, 0.15) is 18.0 Å². The summed E-state index contributed by atoms with van der Waals surface area (Å²) in [5, 5.41) is 8.69. The maximum atomic E-state index is 10.6. The van der Waals surface area contributed by atoms with Crippen LogP contribution in [0.15, 0.2) is 24.4 Å². The third-order valence-electron chi connectivity index (χ3n) is 1.89. The number of aromatic nitrogens is 1. The van der Waals surface area contributed by atoms with E-state index < -0.39 is 5.97 Å². The molecule has 0 aliphatic rings. The summed E-state index contributed by atoms with van der Waals surface area (Å²) >= 11 is 0. The Morgan fingerprint density at radius 2 is 2.43 bits per heavy atom. The molecule has 1 aromatic heterocycles. The molecule has 1 rings (SSSR count). The van der Waals surface area contributed by atoms with Crippen molar-refractivity contribution in [3.63, 3.8) is 0 Å². The zero-order chi connectivity index (χ0) is 10.4. The first-order valence-electron chi connectivity index (χ1n) is 4.35. The van der Waals surface area contributed by atoms with Crippen molar-refractivity contribution in [2.24, 2.45) is 0 Å². The van der Waals surface area contributed by atoms with Crippen LogP contribution in [-0.4, -0.2) is 29.8 Å². The first-order chi connectivity index (χ1) is 6.74. The van der Waals surface area contributed by atoms with Gasteiger partial charge < -0.3 is 9.84 Å². The highest BCUT2D eigenvalue weighted by Crippen LogP contribution is 2.17. The molecule has 14 heavy (non-hydrogen) atoms. The Labute approximate surface area is 82.5 Å². The van der Waals surface area contributed by atoms with Crippen LogP contribution < -0.4 is 0 Å². The molecule has 76 valence electrons. The Balaban J connectivity index is 2.72. The average molecular weight is 195 g/mol. The number of methoxy groups -OCH3 is 1. The first kappa shape index (κ1) is 10.7. The Morgan fingerprint density at radius 1 is 1.64 bits per heavy atom. The van der Waals surface area contributed by atoms with Crippen LogP contribution in [-0.2, 0) is 9.53 Å². The summed E-state index contributed by atoms with van der Waals surface area (Å²) in [4.78, 5) is 14.7. The summed E-state index contributed by atoms with van der Waals surface area (Å²) in [6.07, 6.45) is 1.70. The molecule has 4 nitrogen and oxygen atoms in total. The van der Waals surface area contributed by atoms with Crippen molar-refractivity contribution < 1.29 is 14.6 Å². The van der Waals surface area contributed by atoms with E-state index in [1.165, 1.54) is 0 Å². The lowest BCUT2D eigenvalue weighted by atomic mass is 10.0. The van der Waals surface area contributed by atoms with Crippen molar-refractivity contribution >= 4 is 5.97 Å². The molecule has 0 saturated heterocycles. The van der Waals surface area contributed by atoms with E-state index in [-0.39, 0.29) is 12.3 Å². The second-order valence-corrected chi connectivity index (χ2v) is 3.00. The van der Waals surface area contributed by atoms with E-state index in [9.17, 15) is 4.79 Å². The SMILES string of the molecule is COCC(CC(=O)O)c1ccccn1. The van der Waals surface area contributed by atoms with Gasteiger partial charge in [-0.25, -0.2) is 0 Å². The topological polar surface area (TPSA) is 59.4 Å². The molecule has 0 radical (unpaired) electrons. The van der Waals surface area contributed by atoms with Gasteiger partial charge in [0.15, 0.2) is 0 Å². The molecule has 1 unspecified atom stereocenters. The molecular weight excluding hydrogens is 182 g/mol. The quantitative estimate of drug-likeness (QED) is 0.769. The summed E-state index contributed by atoms with van der Waals surface area (Å²) in [7, 11) is 1.55. The fourth-order valence-corrected chi connectivity index (χ4v) is 1.28. The number of carbonyl (C=O) groups is 1. The van der Waals surface area contributed by atoms with Crippen molar-refractivity contribution in [1.29, 1.82) is 0 Å². The minimum Gasteiger partial charge on any atom is -0.481 e. The number of nitrogens with zero attached hydrogens (tertiary/aromatic N) is 1. The van der Waals surface area contributed by atoms with Crippen LogP contribution in [0.25, 0.3) is 0 Å². The number of pyridine rings is 1. The molecule has 1 heterocycles. The predicted octanol–water partition coefficient (Wildman–Crippen LogP) is 1.29. The van der Waals surface area contributed by atoms with Crippen molar-refractivity contribution in [3.05, 3.63) is 30.1 Å². The standard InChI is InChI=1S/C10H13NO3/c1-14-7-8(6-10(12)13)9-4-2-3-5-11-9/h2-5,8H,6-7H2,1H3,(H,12,13). The van der Waals surface area contributed by atoms with Gasteiger partial charge in [-0.2, -0.15) is 0 Å². The number of aliphatic carboxylic acids is 1. The van der Waals surface area contributed by atoms with Crippen LogP contribution >= 0.6 is 0 Å². The van der Waals surface area contributed by atoms with Gasteiger partial charge in [0.05, 0.1) is 13.0 Å². The lowest BCUT2D eigenvalue weighted by Gasteiger charge is -2.12. The fraction of sp³-hybridized carbons (Fsp3) is 0.400. The van der Waals surface area contributed by atoms with Gasteiger partial charge in [0.2, 0.25) is 0 Å². The smallest absolute Gasteiger partial charge is 0.304 e. The van der Waals surface area contributed by atoms with Crippen LogP contribution in [0.4, 0.5) is 0 Å². The molecule has 1 aromatic rings. The van der Waals surface area contributed by atoms with Gasteiger partial charge in [0, 0.05) is 24.9 Å². The molecule has 0 bridgehead atoms. The summed E-state index contributed by atoms with van der Waals surface area (Å²) in [5.74, 6) is -1.00. The fourth-order valence-electron chi connectivity index (χ4n) is 1.28. The van der Waals surface area contributed by atoms with Crippen LogP contribution in [0.2, 0.25) is 0 Å². The zero-order valence-electron chi connectivity index (χ0n) is 8.01. The highest BCUT2D eigenvalue weighted by atomic mass is 16.5. The lowest BCUT2D eigenvalue weighted by Crippen LogP contribution is -2.12. The van der Waals surface area contributed by atoms with E-state index in [1.807, 2.05) is 12.1 Å². The number of carboxylic acid groups (broad SMARTS) is 1. The summed E-state index contributed by atoms with van der Waals surface area (Å²) in [6, 6.07) is 5.45. The van der Waals surface area contributed by atoms with E-state index in [0.29, 0.717) is 6.61 Å². The first-order valence-corrected chi connectivity index (χ1v) is 4.35. The third kappa shape index (κ3) is 3.14. The van der Waals surface area contributed by atoms with E-state index >= 15 is 0 Å². The van der Waals surface area contributed by atoms with Gasteiger partial charge in [-0.05, 0) is 12.1 Å². The van der Waals surface area contributed by atoms with Crippen molar-refractivity contribution in [2.45, 2.75) is 12.3 Å². The molecule has 0 aromatic carbocycles.